The fourth-order valence-electron chi connectivity index (χ4n) is 6.07. The average molecular weight is 817 g/mol. The Balaban J connectivity index is 2.42. The van der Waals surface area contributed by atoms with E-state index in [0.29, 0.717) is 12.8 Å². The van der Waals surface area contributed by atoms with Crippen molar-refractivity contribution in [3.8, 4) is 0 Å². The number of carboxylic acids is 1. The highest BCUT2D eigenvalue weighted by molar-refractivity contribution is 5.73. The second-order valence-corrected chi connectivity index (χ2v) is 14.8. The third kappa shape index (κ3) is 28.1. The van der Waals surface area contributed by atoms with Crippen LogP contribution < -0.4 is 0 Å². The Hall–Kier alpha value is -3.35. The summed E-state index contributed by atoms with van der Waals surface area (Å²) >= 11 is 0. The van der Waals surface area contributed by atoms with Gasteiger partial charge in [0, 0.05) is 12.8 Å². The van der Waals surface area contributed by atoms with E-state index in [1.165, 1.54) is 38.5 Å². The summed E-state index contributed by atoms with van der Waals surface area (Å²) in [6.07, 6.45) is 36.7. The fraction of sp³-hybridized carbons (Fsp3) is 0.681. The van der Waals surface area contributed by atoms with Crippen LogP contribution in [-0.4, -0.2) is 88.4 Å². The maximum Gasteiger partial charge on any atom is 0.335 e. The lowest BCUT2D eigenvalue weighted by atomic mass is 9.99. The number of aliphatic hydroxyl groups is 3. The van der Waals surface area contributed by atoms with Crippen LogP contribution in [0.1, 0.15) is 155 Å². The monoisotopic (exact) mass is 817 g/mol. The number of hydrogen-bond donors (Lipinski definition) is 4. The summed E-state index contributed by atoms with van der Waals surface area (Å²) in [6, 6.07) is 0. The number of carbonyl (C=O) groups excluding carboxylic acids is 2. The molecular formula is C47H76O11. The number of unbranched alkanes of at least 4 members (excludes halogenated alkanes) is 12. The second-order valence-electron chi connectivity index (χ2n) is 14.8. The molecule has 0 bridgehead atoms. The molecule has 11 heteroatoms. The van der Waals surface area contributed by atoms with Crippen molar-refractivity contribution < 1.29 is 53.8 Å². The van der Waals surface area contributed by atoms with Crippen molar-refractivity contribution in [3.05, 3.63) is 72.9 Å². The Morgan fingerprint density at radius 2 is 1.02 bits per heavy atom. The van der Waals surface area contributed by atoms with E-state index >= 15 is 0 Å². The van der Waals surface area contributed by atoms with E-state index in [1.54, 1.807) is 0 Å². The zero-order chi connectivity index (χ0) is 42.5. The molecule has 1 fully saturated rings. The fourth-order valence-corrected chi connectivity index (χ4v) is 6.07. The van der Waals surface area contributed by atoms with Gasteiger partial charge in [-0.1, -0.05) is 132 Å². The Morgan fingerprint density at radius 1 is 0.552 bits per heavy atom. The molecule has 1 aliphatic heterocycles. The van der Waals surface area contributed by atoms with Crippen LogP contribution in [0.3, 0.4) is 0 Å². The number of ether oxygens (including phenoxy) is 4. The molecule has 0 aromatic heterocycles. The second kappa shape index (κ2) is 36.7. The van der Waals surface area contributed by atoms with Gasteiger partial charge in [-0.25, -0.2) is 4.79 Å². The third-order valence-corrected chi connectivity index (χ3v) is 9.54. The van der Waals surface area contributed by atoms with E-state index in [1.807, 2.05) is 0 Å². The first-order valence-electron chi connectivity index (χ1n) is 22.0. The maximum atomic E-state index is 12.8. The largest absolute Gasteiger partial charge is 0.479 e. The van der Waals surface area contributed by atoms with Crippen LogP contribution in [-0.2, 0) is 33.3 Å². The number of allylic oxidation sites excluding steroid dienone is 12. The summed E-state index contributed by atoms with van der Waals surface area (Å²) in [6.45, 7) is 3.61. The molecule has 11 nitrogen and oxygen atoms in total. The molecule has 1 saturated heterocycles. The molecule has 0 aliphatic carbocycles. The van der Waals surface area contributed by atoms with Crippen LogP contribution in [0.25, 0.3) is 0 Å². The van der Waals surface area contributed by atoms with E-state index in [2.05, 4.69) is 86.8 Å². The lowest BCUT2D eigenvalue weighted by molar-refractivity contribution is -0.298. The predicted octanol–water partition coefficient (Wildman–Crippen LogP) is 9.31. The lowest BCUT2D eigenvalue weighted by Crippen LogP contribution is -2.60. The zero-order valence-electron chi connectivity index (χ0n) is 35.5. The minimum absolute atomic E-state index is 0.161. The van der Waals surface area contributed by atoms with Gasteiger partial charge in [-0.15, -0.1) is 0 Å². The first-order valence-corrected chi connectivity index (χ1v) is 22.0. The van der Waals surface area contributed by atoms with Gasteiger partial charge in [-0.2, -0.15) is 0 Å². The number of hydrogen-bond acceptors (Lipinski definition) is 10. The van der Waals surface area contributed by atoms with Gasteiger partial charge in [0.15, 0.2) is 18.5 Å². The Kier molecular flexibility index (Phi) is 33.3. The van der Waals surface area contributed by atoms with E-state index in [-0.39, 0.29) is 19.4 Å². The van der Waals surface area contributed by atoms with E-state index in [9.17, 15) is 34.8 Å². The van der Waals surface area contributed by atoms with Gasteiger partial charge in [-0.05, 0) is 83.5 Å². The van der Waals surface area contributed by atoms with Crippen LogP contribution in [0.4, 0.5) is 0 Å². The molecule has 0 radical (unpaired) electrons. The molecule has 1 aliphatic rings. The van der Waals surface area contributed by atoms with Crippen LogP contribution in [0, 0.1) is 0 Å². The number of rotatable bonds is 35. The molecule has 6 atom stereocenters. The highest BCUT2D eigenvalue weighted by atomic mass is 16.7. The standard InChI is InChI=1S/C47H76O11/c1-3-5-7-9-11-13-15-17-19-20-22-24-26-28-30-32-34-36-41(49)57-39(38-56-47-44(52)42(50)43(51)45(58-47)46(53)54)37-55-40(48)35-33-31-29-27-25-23-21-18-16-14-12-10-8-6-4-2/h6,8,11-14,17-19,21,25,27,39,42-45,47,50-52H,3-5,7,9-10,15-16,20,22-24,26,28-38H2,1-2H3,(H,53,54)/b8-6-,13-11-,14-12-,19-17-,21-18-,27-25-. The first-order chi connectivity index (χ1) is 28.2. The molecule has 0 amide bonds. The van der Waals surface area contributed by atoms with E-state index in [4.69, 9.17) is 18.9 Å². The highest BCUT2D eigenvalue weighted by Gasteiger charge is 2.47. The van der Waals surface area contributed by atoms with Gasteiger partial charge in [0.25, 0.3) is 0 Å². The quantitative estimate of drug-likeness (QED) is 0.0273. The smallest absolute Gasteiger partial charge is 0.335 e. The lowest BCUT2D eigenvalue weighted by Gasteiger charge is -2.38. The minimum Gasteiger partial charge on any atom is -0.479 e. The highest BCUT2D eigenvalue weighted by Crippen LogP contribution is 2.23. The molecule has 0 saturated carbocycles. The molecule has 58 heavy (non-hydrogen) atoms. The van der Waals surface area contributed by atoms with Gasteiger partial charge in [0.1, 0.15) is 24.9 Å². The Labute approximate surface area is 348 Å². The van der Waals surface area contributed by atoms with E-state index in [0.717, 1.165) is 77.0 Å². The van der Waals surface area contributed by atoms with Gasteiger partial charge >= 0.3 is 17.9 Å². The van der Waals surface area contributed by atoms with Gasteiger partial charge in [0.2, 0.25) is 0 Å². The van der Waals surface area contributed by atoms with Crippen molar-refractivity contribution in [2.24, 2.45) is 0 Å². The summed E-state index contributed by atoms with van der Waals surface area (Å²) in [7, 11) is 0. The number of carboxylic acid groups (broad SMARTS) is 1. The SMILES string of the molecule is CC/C=C\C/C=C\C/C=C\C/C=C\CCCCC(=O)OCC(COC1OC(C(=O)O)C(O)C(O)C1O)OC(=O)CCCCCCCCC/C=C\C/C=C\CCCCC. The number of carbonyl (C=O) groups is 3. The van der Waals surface area contributed by atoms with Crippen molar-refractivity contribution >= 4 is 17.9 Å². The summed E-state index contributed by atoms with van der Waals surface area (Å²) in [5, 5.41) is 39.8. The number of aliphatic hydroxyl groups excluding tert-OH is 3. The van der Waals surface area contributed by atoms with Crippen molar-refractivity contribution in [3.63, 3.8) is 0 Å². The van der Waals surface area contributed by atoms with Crippen LogP contribution >= 0.6 is 0 Å². The normalized spacial score (nSPS) is 20.7. The van der Waals surface area contributed by atoms with E-state index < -0.39 is 61.3 Å². The summed E-state index contributed by atoms with van der Waals surface area (Å²) in [4.78, 5) is 36.8. The van der Waals surface area contributed by atoms with Crippen molar-refractivity contribution in [1.82, 2.24) is 0 Å². The molecule has 330 valence electrons. The summed E-state index contributed by atoms with van der Waals surface area (Å²) in [5.41, 5.74) is 0. The number of aliphatic carboxylic acids is 1. The predicted molar refractivity (Wildman–Crippen MR) is 229 cm³/mol. The zero-order valence-corrected chi connectivity index (χ0v) is 35.5. The molecule has 0 aromatic carbocycles. The first kappa shape index (κ1) is 52.7. The number of esters is 2. The molecule has 1 heterocycles. The third-order valence-electron chi connectivity index (χ3n) is 9.54. The molecule has 1 rings (SSSR count). The molecule has 4 N–H and O–H groups in total. The minimum atomic E-state index is -1.87. The van der Waals surface area contributed by atoms with Crippen molar-refractivity contribution in [2.45, 2.75) is 192 Å². The average Bonchev–Trinajstić information content (AvgIpc) is 3.21. The summed E-state index contributed by atoms with van der Waals surface area (Å²) < 4.78 is 21.7. The van der Waals surface area contributed by atoms with Crippen LogP contribution in [0.2, 0.25) is 0 Å². The van der Waals surface area contributed by atoms with Crippen LogP contribution in [0.15, 0.2) is 72.9 Å². The van der Waals surface area contributed by atoms with Gasteiger partial charge in [0.05, 0.1) is 6.61 Å². The summed E-state index contributed by atoms with van der Waals surface area (Å²) in [5.74, 6) is -2.52. The Morgan fingerprint density at radius 3 is 1.57 bits per heavy atom. The van der Waals surface area contributed by atoms with Gasteiger partial charge < -0.3 is 39.4 Å². The van der Waals surface area contributed by atoms with Gasteiger partial charge in [-0.3, -0.25) is 9.59 Å². The molecule has 0 aromatic rings. The topological polar surface area (TPSA) is 169 Å². The van der Waals surface area contributed by atoms with Crippen LogP contribution in [0.5, 0.6) is 0 Å². The van der Waals surface area contributed by atoms with Crippen molar-refractivity contribution in [2.75, 3.05) is 13.2 Å². The van der Waals surface area contributed by atoms with Crippen molar-refractivity contribution in [1.29, 1.82) is 0 Å². The maximum absolute atomic E-state index is 12.8. The molecule has 6 unspecified atom stereocenters. The molecule has 0 spiro atoms. The Bertz CT molecular complexity index is 1240. The molecular weight excluding hydrogens is 741 g/mol.